The van der Waals surface area contributed by atoms with Crippen LogP contribution in [0.25, 0.3) is 0 Å². The van der Waals surface area contributed by atoms with Crippen molar-refractivity contribution in [2.75, 3.05) is 46.1 Å². The highest BCUT2D eigenvalue weighted by Gasteiger charge is 2.03. The van der Waals surface area contributed by atoms with Gasteiger partial charge in [0.1, 0.15) is 12.3 Å². The van der Waals surface area contributed by atoms with E-state index >= 15 is 0 Å². The number of carbonyl (C=O) groups is 1. The molecule has 0 saturated carbocycles. The number of furan rings is 1. The maximum Gasteiger partial charge on any atom is 0.242 e. The van der Waals surface area contributed by atoms with Crippen LogP contribution in [0.4, 0.5) is 0 Å². The van der Waals surface area contributed by atoms with Gasteiger partial charge in [-0.2, -0.15) is 0 Å². The Labute approximate surface area is 178 Å². The van der Waals surface area contributed by atoms with Crippen molar-refractivity contribution in [3.8, 4) is 0 Å². The number of rotatable bonds is 14. The number of halogens is 1. The number of carbonyl (C=O) groups excluding carboxylic acids is 1. The first-order valence-electron chi connectivity index (χ1n) is 9.23. The Hall–Kier alpha value is -1.33. The molecule has 0 atom stereocenters. The number of amides is 1. The van der Waals surface area contributed by atoms with E-state index in [1.54, 1.807) is 12.3 Å². The highest BCUT2D eigenvalue weighted by Crippen LogP contribution is 1.98. The zero-order valence-electron chi connectivity index (χ0n) is 16.3. The summed E-state index contributed by atoms with van der Waals surface area (Å²) >= 11 is 0. The van der Waals surface area contributed by atoms with Crippen LogP contribution in [-0.4, -0.2) is 57.9 Å². The zero-order chi connectivity index (χ0) is 18.9. The topological polar surface area (TPSA) is 97.1 Å². The summed E-state index contributed by atoms with van der Waals surface area (Å²) in [5, 5.41) is 8.98. The lowest BCUT2D eigenvalue weighted by Crippen LogP contribution is -2.40. The number of guanidine groups is 1. The number of aliphatic imine (C=N–C) groups is 1. The number of hydrogen-bond acceptors (Lipinski definition) is 5. The SMILES string of the molecule is CCCCOCCOCCNC(=NCC(=O)NCc1ccco1)NCC.I. The van der Waals surface area contributed by atoms with E-state index < -0.39 is 0 Å². The Kier molecular flexibility index (Phi) is 17.2. The molecule has 1 aromatic heterocycles. The molecule has 0 aliphatic heterocycles. The Bertz CT molecular complexity index is 498. The summed E-state index contributed by atoms with van der Waals surface area (Å²) in [7, 11) is 0. The zero-order valence-corrected chi connectivity index (χ0v) is 18.6. The number of ether oxygens (including phenoxy) is 2. The maximum absolute atomic E-state index is 11.8. The van der Waals surface area contributed by atoms with Crippen molar-refractivity contribution in [1.82, 2.24) is 16.0 Å². The Morgan fingerprint density at radius 3 is 2.56 bits per heavy atom. The first-order chi connectivity index (χ1) is 12.8. The molecule has 3 N–H and O–H groups in total. The fourth-order valence-corrected chi connectivity index (χ4v) is 1.96. The van der Waals surface area contributed by atoms with E-state index in [1.165, 1.54) is 0 Å². The molecule has 0 spiro atoms. The molecule has 1 heterocycles. The van der Waals surface area contributed by atoms with Gasteiger partial charge in [-0.05, 0) is 25.5 Å². The lowest BCUT2D eigenvalue weighted by molar-refractivity contribution is -0.119. The number of hydrogen-bond donors (Lipinski definition) is 3. The third-order valence-electron chi connectivity index (χ3n) is 3.32. The molecule has 1 aromatic rings. The van der Waals surface area contributed by atoms with Gasteiger partial charge in [0.05, 0.1) is 32.6 Å². The summed E-state index contributed by atoms with van der Waals surface area (Å²) in [5.41, 5.74) is 0. The van der Waals surface area contributed by atoms with Gasteiger partial charge in [-0.15, -0.1) is 24.0 Å². The molecule has 9 heteroatoms. The Morgan fingerprint density at radius 2 is 1.89 bits per heavy atom. The summed E-state index contributed by atoms with van der Waals surface area (Å²) < 4.78 is 16.1. The van der Waals surface area contributed by atoms with Gasteiger partial charge in [-0.25, -0.2) is 4.99 Å². The summed E-state index contributed by atoms with van der Waals surface area (Å²) in [6, 6.07) is 3.59. The van der Waals surface area contributed by atoms with Crippen molar-refractivity contribution in [1.29, 1.82) is 0 Å². The molecule has 0 aliphatic rings. The average Bonchev–Trinajstić information content (AvgIpc) is 3.16. The van der Waals surface area contributed by atoms with Gasteiger partial charge in [0, 0.05) is 19.7 Å². The van der Waals surface area contributed by atoms with Gasteiger partial charge in [0.15, 0.2) is 5.96 Å². The fourth-order valence-electron chi connectivity index (χ4n) is 1.96. The van der Waals surface area contributed by atoms with Gasteiger partial charge in [-0.3, -0.25) is 4.79 Å². The third-order valence-corrected chi connectivity index (χ3v) is 3.32. The Balaban J connectivity index is 0.00000676. The van der Waals surface area contributed by atoms with E-state index in [0.29, 0.717) is 51.2 Å². The largest absolute Gasteiger partial charge is 0.467 e. The van der Waals surface area contributed by atoms with E-state index in [1.807, 2.05) is 13.0 Å². The fraction of sp³-hybridized carbons (Fsp3) is 0.667. The van der Waals surface area contributed by atoms with Crippen LogP contribution >= 0.6 is 24.0 Å². The monoisotopic (exact) mass is 496 g/mol. The minimum atomic E-state index is -0.168. The lowest BCUT2D eigenvalue weighted by atomic mass is 10.4. The van der Waals surface area contributed by atoms with E-state index in [0.717, 1.165) is 19.4 Å². The quantitative estimate of drug-likeness (QED) is 0.158. The van der Waals surface area contributed by atoms with Gasteiger partial charge >= 0.3 is 0 Å². The van der Waals surface area contributed by atoms with Gasteiger partial charge in [-0.1, -0.05) is 13.3 Å². The van der Waals surface area contributed by atoms with Crippen LogP contribution in [0, 0.1) is 0 Å². The van der Waals surface area contributed by atoms with E-state index in [2.05, 4.69) is 27.9 Å². The van der Waals surface area contributed by atoms with Gasteiger partial charge in [0.25, 0.3) is 0 Å². The first kappa shape index (κ1) is 25.7. The normalized spacial score (nSPS) is 11.0. The summed E-state index contributed by atoms with van der Waals surface area (Å²) in [5.74, 6) is 1.13. The molecule has 1 rings (SSSR count). The van der Waals surface area contributed by atoms with Crippen LogP contribution in [0.1, 0.15) is 32.4 Å². The summed E-state index contributed by atoms with van der Waals surface area (Å²) in [6.07, 6.45) is 3.80. The summed E-state index contributed by atoms with van der Waals surface area (Å²) in [6.45, 7) is 8.36. The molecule has 156 valence electrons. The average molecular weight is 496 g/mol. The highest BCUT2D eigenvalue weighted by molar-refractivity contribution is 14.0. The van der Waals surface area contributed by atoms with Crippen LogP contribution < -0.4 is 16.0 Å². The van der Waals surface area contributed by atoms with E-state index in [4.69, 9.17) is 13.9 Å². The maximum atomic E-state index is 11.8. The predicted molar refractivity (Wildman–Crippen MR) is 116 cm³/mol. The molecule has 0 fully saturated rings. The smallest absolute Gasteiger partial charge is 0.242 e. The van der Waals surface area contributed by atoms with Crippen LogP contribution in [0.5, 0.6) is 0 Å². The molecule has 0 aliphatic carbocycles. The van der Waals surface area contributed by atoms with Gasteiger partial charge in [0.2, 0.25) is 5.91 Å². The van der Waals surface area contributed by atoms with Crippen molar-refractivity contribution in [2.45, 2.75) is 33.2 Å². The highest BCUT2D eigenvalue weighted by atomic mass is 127. The second-order valence-corrected chi connectivity index (χ2v) is 5.56. The Morgan fingerprint density at radius 1 is 1.11 bits per heavy atom. The van der Waals surface area contributed by atoms with Crippen molar-refractivity contribution in [2.24, 2.45) is 4.99 Å². The number of unbranched alkanes of at least 4 members (excludes halogenated alkanes) is 1. The molecule has 0 unspecified atom stereocenters. The van der Waals surface area contributed by atoms with Crippen LogP contribution in [0.2, 0.25) is 0 Å². The van der Waals surface area contributed by atoms with Crippen LogP contribution in [0.15, 0.2) is 27.8 Å². The third kappa shape index (κ3) is 14.4. The molecule has 8 nitrogen and oxygen atoms in total. The minimum absolute atomic E-state index is 0. The molecule has 0 bridgehead atoms. The molecule has 0 radical (unpaired) electrons. The van der Waals surface area contributed by atoms with Crippen molar-refractivity contribution >= 4 is 35.8 Å². The molecular formula is C18H33IN4O4. The van der Waals surface area contributed by atoms with Crippen LogP contribution in [0.3, 0.4) is 0 Å². The van der Waals surface area contributed by atoms with Crippen LogP contribution in [-0.2, 0) is 20.8 Å². The minimum Gasteiger partial charge on any atom is -0.467 e. The van der Waals surface area contributed by atoms with E-state index in [-0.39, 0.29) is 36.4 Å². The van der Waals surface area contributed by atoms with Crippen molar-refractivity contribution in [3.63, 3.8) is 0 Å². The molecular weight excluding hydrogens is 463 g/mol. The molecule has 1 amide bonds. The summed E-state index contributed by atoms with van der Waals surface area (Å²) in [4.78, 5) is 16.1. The van der Waals surface area contributed by atoms with Crippen molar-refractivity contribution in [3.05, 3.63) is 24.2 Å². The first-order valence-corrected chi connectivity index (χ1v) is 9.23. The standard InChI is InChI=1S/C18H32N4O4.HI/c1-3-5-9-24-12-13-25-11-8-20-18(19-4-2)22-15-17(23)21-14-16-7-6-10-26-16;/h6-7,10H,3-5,8-9,11-15H2,1-2H3,(H,21,23)(H2,19,20,22);1H. The molecule has 0 saturated heterocycles. The van der Waals surface area contributed by atoms with Crippen molar-refractivity contribution < 1.29 is 18.7 Å². The lowest BCUT2D eigenvalue weighted by Gasteiger charge is -2.11. The second kappa shape index (κ2) is 18.1. The number of nitrogens with one attached hydrogen (secondary N) is 3. The predicted octanol–water partition coefficient (Wildman–Crippen LogP) is 1.90. The molecule has 0 aromatic carbocycles. The second-order valence-electron chi connectivity index (χ2n) is 5.56. The molecule has 27 heavy (non-hydrogen) atoms. The van der Waals surface area contributed by atoms with Gasteiger partial charge < -0.3 is 29.8 Å². The van der Waals surface area contributed by atoms with E-state index in [9.17, 15) is 4.79 Å². The number of nitrogens with zero attached hydrogens (tertiary/aromatic N) is 1.